The van der Waals surface area contributed by atoms with Crippen LogP contribution in [0.4, 0.5) is 5.82 Å². The molecular weight excluding hydrogens is 468 g/mol. The van der Waals surface area contributed by atoms with Gasteiger partial charge >= 0.3 is 0 Å². The summed E-state index contributed by atoms with van der Waals surface area (Å²) in [5.74, 6) is 0.0729. The first kappa shape index (κ1) is 26.9. The lowest BCUT2D eigenvalue weighted by molar-refractivity contribution is -0.142. The summed E-state index contributed by atoms with van der Waals surface area (Å²) in [6.07, 6.45) is 5.79. The van der Waals surface area contributed by atoms with E-state index in [4.69, 9.17) is 0 Å². The van der Waals surface area contributed by atoms with E-state index in [9.17, 15) is 14.4 Å². The summed E-state index contributed by atoms with van der Waals surface area (Å²) in [4.78, 5) is 42.2. The predicted molar refractivity (Wildman–Crippen MR) is 143 cm³/mol. The minimum absolute atomic E-state index is 0.00270. The van der Waals surface area contributed by atoms with E-state index in [1.54, 1.807) is 23.6 Å². The Morgan fingerprint density at radius 1 is 1.05 bits per heavy atom. The van der Waals surface area contributed by atoms with Crippen molar-refractivity contribution in [3.8, 4) is 5.69 Å². The molecule has 4 atom stereocenters. The maximum absolute atomic E-state index is 14.0. The molecule has 2 fully saturated rings. The second kappa shape index (κ2) is 11.9. The number of carbonyl (C=O) groups excluding carboxylic acids is 3. The maximum Gasteiger partial charge on any atom is 0.248 e. The van der Waals surface area contributed by atoms with Crippen molar-refractivity contribution in [2.24, 2.45) is 11.8 Å². The molecule has 200 valence electrons. The van der Waals surface area contributed by atoms with E-state index in [2.05, 4.69) is 21.0 Å². The maximum atomic E-state index is 14.0. The van der Waals surface area contributed by atoms with Gasteiger partial charge in [0.1, 0.15) is 17.9 Å². The number of benzene rings is 1. The number of amides is 3. The topological polar surface area (TPSA) is 108 Å². The Kier molecular flexibility index (Phi) is 8.63. The van der Waals surface area contributed by atoms with Crippen molar-refractivity contribution in [3.63, 3.8) is 0 Å². The lowest BCUT2D eigenvalue weighted by Gasteiger charge is -2.35. The fourth-order valence-electron chi connectivity index (χ4n) is 5.59. The third-order valence-electron chi connectivity index (χ3n) is 7.85. The second-order valence-electron chi connectivity index (χ2n) is 10.5. The summed E-state index contributed by atoms with van der Waals surface area (Å²) in [5, 5.41) is 13.6. The van der Waals surface area contributed by atoms with Gasteiger partial charge in [0.05, 0.1) is 17.4 Å². The highest BCUT2D eigenvalue weighted by Crippen LogP contribution is 2.31. The van der Waals surface area contributed by atoms with E-state index in [1.807, 2.05) is 50.2 Å². The molecule has 1 aromatic heterocycles. The molecule has 0 radical (unpaired) electrons. The number of likely N-dealkylation sites (N-methyl/N-ethyl adjacent to an activating group) is 1. The summed E-state index contributed by atoms with van der Waals surface area (Å²) in [7, 11) is 1.73. The molecule has 0 bridgehead atoms. The van der Waals surface area contributed by atoms with Crippen LogP contribution in [-0.2, 0) is 14.4 Å². The monoisotopic (exact) mass is 508 g/mol. The van der Waals surface area contributed by atoms with Gasteiger partial charge in [-0.05, 0) is 64.1 Å². The number of para-hydroxylation sites is 1. The molecule has 1 aromatic carbocycles. The minimum atomic E-state index is -0.624. The van der Waals surface area contributed by atoms with Crippen LogP contribution >= 0.6 is 0 Å². The van der Waals surface area contributed by atoms with Gasteiger partial charge in [0.25, 0.3) is 0 Å². The quantitative estimate of drug-likeness (QED) is 0.508. The van der Waals surface area contributed by atoms with Gasteiger partial charge in [-0.3, -0.25) is 14.4 Å². The summed E-state index contributed by atoms with van der Waals surface area (Å²) < 4.78 is 1.71. The molecule has 1 unspecified atom stereocenters. The van der Waals surface area contributed by atoms with Crippen LogP contribution in [0, 0.1) is 18.8 Å². The van der Waals surface area contributed by atoms with Gasteiger partial charge in [-0.2, -0.15) is 5.10 Å². The number of aryl methyl sites for hydroxylation is 1. The number of likely N-dealkylation sites (tertiary alicyclic amines) is 1. The van der Waals surface area contributed by atoms with Crippen LogP contribution in [0.5, 0.6) is 0 Å². The molecule has 4 rings (SSSR count). The van der Waals surface area contributed by atoms with Crippen molar-refractivity contribution in [2.45, 2.75) is 77.4 Å². The van der Waals surface area contributed by atoms with Gasteiger partial charge in [0, 0.05) is 12.6 Å². The zero-order valence-electron chi connectivity index (χ0n) is 22.4. The number of aromatic nitrogens is 2. The van der Waals surface area contributed by atoms with Gasteiger partial charge in [-0.1, -0.05) is 44.4 Å². The molecule has 3 N–H and O–H groups in total. The van der Waals surface area contributed by atoms with E-state index in [0.717, 1.165) is 49.9 Å². The first-order valence-corrected chi connectivity index (χ1v) is 13.5. The number of hydrogen-bond donors (Lipinski definition) is 3. The lowest BCUT2D eigenvalue weighted by Crippen LogP contribution is -2.58. The van der Waals surface area contributed by atoms with Crippen LogP contribution in [0.1, 0.15) is 58.1 Å². The van der Waals surface area contributed by atoms with Gasteiger partial charge in [0.2, 0.25) is 17.7 Å². The molecule has 1 saturated carbocycles. The van der Waals surface area contributed by atoms with Crippen molar-refractivity contribution >= 4 is 23.5 Å². The highest BCUT2D eigenvalue weighted by Gasteiger charge is 2.44. The smallest absolute Gasteiger partial charge is 0.248 e. The third-order valence-corrected chi connectivity index (χ3v) is 7.85. The van der Waals surface area contributed by atoms with E-state index < -0.39 is 18.1 Å². The van der Waals surface area contributed by atoms with Crippen LogP contribution in [0.25, 0.3) is 5.69 Å². The van der Waals surface area contributed by atoms with E-state index in [1.165, 1.54) is 0 Å². The van der Waals surface area contributed by atoms with Crippen molar-refractivity contribution in [1.82, 2.24) is 25.3 Å². The third kappa shape index (κ3) is 6.04. The molecular formula is C28H40N6O3. The Morgan fingerprint density at radius 3 is 2.43 bits per heavy atom. The van der Waals surface area contributed by atoms with Crippen LogP contribution in [0.15, 0.2) is 36.4 Å². The van der Waals surface area contributed by atoms with Crippen LogP contribution in [0.3, 0.4) is 0 Å². The molecule has 2 aromatic rings. The van der Waals surface area contributed by atoms with E-state index in [-0.39, 0.29) is 29.6 Å². The van der Waals surface area contributed by atoms with Crippen molar-refractivity contribution in [1.29, 1.82) is 0 Å². The summed E-state index contributed by atoms with van der Waals surface area (Å²) in [6.45, 7) is 6.17. The summed E-state index contributed by atoms with van der Waals surface area (Å²) in [5.41, 5.74) is 1.63. The van der Waals surface area contributed by atoms with Gasteiger partial charge in [-0.25, -0.2) is 4.68 Å². The highest BCUT2D eigenvalue weighted by molar-refractivity contribution is 5.99. The molecule has 1 aliphatic heterocycles. The minimum Gasteiger partial charge on any atom is -0.343 e. The number of anilines is 1. The molecule has 9 nitrogen and oxygen atoms in total. The Morgan fingerprint density at radius 2 is 1.76 bits per heavy atom. The largest absolute Gasteiger partial charge is 0.343 e. The average Bonchev–Trinajstić information content (AvgIpc) is 3.48. The molecule has 37 heavy (non-hydrogen) atoms. The highest BCUT2D eigenvalue weighted by atomic mass is 16.2. The molecule has 0 spiro atoms. The number of nitrogens with zero attached hydrogens (tertiary/aromatic N) is 3. The fourth-order valence-corrected chi connectivity index (χ4v) is 5.59. The Bertz CT molecular complexity index is 1090. The normalized spacial score (nSPS) is 21.9. The number of hydrogen-bond acceptors (Lipinski definition) is 5. The van der Waals surface area contributed by atoms with Gasteiger partial charge < -0.3 is 20.9 Å². The predicted octanol–water partition coefficient (Wildman–Crippen LogP) is 3.03. The van der Waals surface area contributed by atoms with E-state index >= 15 is 0 Å². The zero-order chi connectivity index (χ0) is 26.5. The van der Waals surface area contributed by atoms with Crippen LogP contribution in [-0.4, -0.2) is 64.1 Å². The molecule has 2 aliphatic rings. The Hall–Kier alpha value is -3.20. The van der Waals surface area contributed by atoms with Crippen molar-refractivity contribution in [2.75, 3.05) is 18.9 Å². The Labute approximate surface area is 219 Å². The Balaban J connectivity index is 1.56. The van der Waals surface area contributed by atoms with Crippen LogP contribution < -0.4 is 16.0 Å². The number of carbonyl (C=O) groups is 3. The molecule has 1 saturated heterocycles. The number of nitrogens with one attached hydrogen (secondary N) is 3. The van der Waals surface area contributed by atoms with Gasteiger partial charge in [-0.15, -0.1) is 0 Å². The van der Waals surface area contributed by atoms with Crippen molar-refractivity contribution < 1.29 is 14.4 Å². The lowest BCUT2D eigenvalue weighted by atomic mass is 9.83. The zero-order valence-corrected chi connectivity index (χ0v) is 22.4. The average molecular weight is 509 g/mol. The molecule has 9 heteroatoms. The molecule has 2 heterocycles. The van der Waals surface area contributed by atoms with Gasteiger partial charge in [0.15, 0.2) is 0 Å². The first-order valence-electron chi connectivity index (χ1n) is 13.5. The summed E-state index contributed by atoms with van der Waals surface area (Å²) >= 11 is 0. The number of rotatable bonds is 8. The standard InChI is InChI=1S/C28H40N6O3/c1-18-15-16-33(28(37)24(21-11-7-5-8-12-21)31-26(35)20(3)29-4)25(18)27(36)30-23-17-19(2)32-34(23)22-13-9-6-10-14-22/h6,9-10,13-14,17-18,20-21,24-25,29H,5,7-8,11-12,15-16H2,1-4H3,(H,30,36)(H,31,35)/t18-,20-,24?,25-/m0/s1. The van der Waals surface area contributed by atoms with E-state index in [0.29, 0.717) is 12.4 Å². The fraction of sp³-hybridized carbons (Fsp3) is 0.571. The van der Waals surface area contributed by atoms with Crippen LogP contribution in [0.2, 0.25) is 0 Å². The molecule has 1 aliphatic carbocycles. The summed E-state index contributed by atoms with van der Waals surface area (Å²) in [6, 6.07) is 9.83. The SMILES string of the molecule is CN[C@@H](C)C(=O)NC(C(=O)N1CC[C@H](C)[C@H]1C(=O)Nc1cc(C)nn1-c1ccccc1)C1CCCCC1. The molecule has 3 amide bonds. The second-order valence-corrected chi connectivity index (χ2v) is 10.5. The van der Waals surface area contributed by atoms with Crippen molar-refractivity contribution in [3.05, 3.63) is 42.1 Å². The first-order chi connectivity index (χ1) is 17.8.